The topological polar surface area (TPSA) is 255 Å². The summed E-state index contributed by atoms with van der Waals surface area (Å²) >= 11 is 3.65. The Bertz CT molecular complexity index is 1720. The Hall–Kier alpha value is -4.47. The number of aliphatic carboxylic acids is 1. The van der Waals surface area contributed by atoms with E-state index in [2.05, 4.69) is 36.1 Å². The maximum atomic E-state index is 13.1. The SMILES string of the molecule is Cn1nnnc1SCC1=C(C(=O)O)N2C(=O)C(NC(=O)Cc3ccsc3N(C(N)=O)c3cnc(NCCCO)[nH]c3=O)[C@@H]2SC1. The van der Waals surface area contributed by atoms with Crippen LogP contribution in [0.5, 0.6) is 0 Å². The van der Waals surface area contributed by atoms with Gasteiger partial charge in [-0.25, -0.2) is 24.2 Å². The van der Waals surface area contributed by atoms with Crippen LogP contribution in [0.15, 0.2) is 38.9 Å². The molecular weight excluding hydrogens is 651 g/mol. The number of fused-ring (bicyclic) bond motifs is 1. The number of hydrogen-bond donors (Lipinski definition) is 6. The number of nitrogens with one attached hydrogen (secondary N) is 3. The lowest BCUT2D eigenvalue weighted by Gasteiger charge is -2.49. The van der Waals surface area contributed by atoms with Gasteiger partial charge in [-0.2, -0.15) is 0 Å². The number of carboxylic acids is 1. The first-order chi connectivity index (χ1) is 21.6. The Kier molecular flexibility index (Phi) is 9.70. The Morgan fingerprint density at radius 2 is 2.11 bits per heavy atom. The van der Waals surface area contributed by atoms with Gasteiger partial charge in [-0.05, 0) is 39.4 Å². The van der Waals surface area contributed by atoms with Crippen LogP contribution in [0, 0.1) is 0 Å². The molecular formula is C24H27N11O7S3. The number of thioether (sulfide) groups is 2. The van der Waals surface area contributed by atoms with Crippen LogP contribution in [-0.2, 0) is 27.9 Å². The van der Waals surface area contributed by atoms with Crippen LogP contribution in [-0.4, -0.2) is 105 Å². The van der Waals surface area contributed by atoms with E-state index in [-0.39, 0.29) is 41.1 Å². The van der Waals surface area contributed by atoms with Gasteiger partial charge in [0.1, 0.15) is 27.8 Å². The number of rotatable bonds is 13. The summed E-state index contributed by atoms with van der Waals surface area (Å²) in [5.41, 5.74) is 5.57. The van der Waals surface area contributed by atoms with Gasteiger partial charge in [0.05, 0.1) is 12.6 Å². The highest BCUT2D eigenvalue weighted by Crippen LogP contribution is 2.41. The van der Waals surface area contributed by atoms with Crippen LogP contribution in [0.4, 0.5) is 21.4 Å². The van der Waals surface area contributed by atoms with Crippen molar-refractivity contribution >= 4 is 75.3 Å². The fourth-order valence-electron chi connectivity index (χ4n) is 4.60. The molecule has 238 valence electrons. The molecule has 5 heterocycles. The Labute approximate surface area is 266 Å². The quantitative estimate of drug-likeness (QED) is 0.0754. The molecule has 2 aliphatic rings. The number of carbonyl (C=O) groups is 4. The normalized spacial score (nSPS) is 17.5. The van der Waals surface area contributed by atoms with Crippen molar-refractivity contribution in [3.63, 3.8) is 0 Å². The summed E-state index contributed by atoms with van der Waals surface area (Å²) in [7, 11) is 1.66. The first-order valence-corrected chi connectivity index (χ1v) is 16.2. The summed E-state index contributed by atoms with van der Waals surface area (Å²) in [4.78, 5) is 72.4. The third-order valence-electron chi connectivity index (χ3n) is 6.67. The van der Waals surface area contributed by atoms with Gasteiger partial charge in [-0.1, -0.05) is 11.8 Å². The molecule has 21 heteroatoms. The fourth-order valence-corrected chi connectivity index (χ4v) is 7.88. The van der Waals surface area contributed by atoms with Crippen molar-refractivity contribution in [2.75, 3.05) is 34.9 Å². The number of hydrogen-bond acceptors (Lipinski definition) is 14. The number of aromatic amines is 1. The average molecular weight is 678 g/mol. The molecule has 0 aliphatic carbocycles. The molecule has 2 aliphatic heterocycles. The van der Waals surface area contributed by atoms with Gasteiger partial charge in [-0.15, -0.1) is 28.2 Å². The van der Waals surface area contributed by atoms with Crippen LogP contribution >= 0.6 is 34.9 Å². The van der Waals surface area contributed by atoms with Gasteiger partial charge in [0.25, 0.3) is 11.5 Å². The van der Waals surface area contributed by atoms with Crippen molar-refractivity contribution in [2.45, 2.75) is 29.4 Å². The monoisotopic (exact) mass is 677 g/mol. The second-order valence-corrected chi connectivity index (χ2v) is 12.6. The zero-order valence-electron chi connectivity index (χ0n) is 23.5. The first-order valence-electron chi connectivity index (χ1n) is 13.2. The van der Waals surface area contributed by atoms with E-state index in [4.69, 9.17) is 10.8 Å². The molecule has 4 amide bonds. The van der Waals surface area contributed by atoms with Crippen LogP contribution in [0.2, 0.25) is 0 Å². The number of aromatic nitrogens is 6. The molecule has 5 rings (SSSR count). The molecule has 1 unspecified atom stereocenters. The molecule has 3 aromatic rings. The minimum atomic E-state index is -1.25. The predicted octanol–water partition coefficient (Wildman–Crippen LogP) is -0.561. The molecule has 0 saturated carbocycles. The van der Waals surface area contributed by atoms with Gasteiger partial charge >= 0.3 is 12.0 Å². The molecule has 2 atom stereocenters. The number of β-lactam (4-membered cyclic amide) rings is 1. The number of aliphatic hydroxyl groups excluding tert-OH is 1. The van der Waals surface area contributed by atoms with Crippen LogP contribution in [0.1, 0.15) is 12.0 Å². The number of nitrogens with two attached hydrogens (primary N) is 1. The molecule has 0 radical (unpaired) electrons. The number of aryl methyl sites for hydroxylation is 1. The van der Waals surface area contributed by atoms with Crippen LogP contribution < -0.4 is 26.8 Å². The maximum absolute atomic E-state index is 13.1. The number of primary amides is 1. The summed E-state index contributed by atoms with van der Waals surface area (Å²) < 4.78 is 1.46. The van der Waals surface area contributed by atoms with E-state index in [1.54, 1.807) is 18.5 Å². The Morgan fingerprint density at radius 1 is 1.31 bits per heavy atom. The number of anilines is 3. The molecule has 45 heavy (non-hydrogen) atoms. The van der Waals surface area contributed by atoms with Gasteiger partial charge in [0.2, 0.25) is 17.0 Å². The largest absolute Gasteiger partial charge is 0.477 e. The fraction of sp³-hybridized carbons (Fsp3) is 0.375. The maximum Gasteiger partial charge on any atom is 0.352 e. The molecule has 7 N–H and O–H groups in total. The van der Waals surface area contributed by atoms with Crippen LogP contribution in [0.25, 0.3) is 0 Å². The van der Waals surface area contributed by atoms with Crippen molar-refractivity contribution in [1.29, 1.82) is 0 Å². The zero-order chi connectivity index (χ0) is 32.2. The Balaban J connectivity index is 1.26. The van der Waals surface area contributed by atoms with Crippen molar-refractivity contribution in [3.05, 3.63) is 44.8 Å². The number of tetrazole rings is 1. The van der Waals surface area contributed by atoms with Gasteiger partial charge in [-0.3, -0.25) is 24.3 Å². The van der Waals surface area contributed by atoms with E-state index >= 15 is 0 Å². The molecule has 0 spiro atoms. The minimum Gasteiger partial charge on any atom is -0.477 e. The van der Waals surface area contributed by atoms with Crippen molar-refractivity contribution in [2.24, 2.45) is 12.8 Å². The van der Waals surface area contributed by atoms with E-state index in [9.17, 15) is 29.1 Å². The zero-order valence-corrected chi connectivity index (χ0v) is 25.9. The lowest BCUT2D eigenvalue weighted by Crippen LogP contribution is -2.70. The second-order valence-electron chi connectivity index (χ2n) is 9.64. The summed E-state index contributed by atoms with van der Waals surface area (Å²) in [6.45, 7) is 0.315. The highest BCUT2D eigenvalue weighted by atomic mass is 32.2. The number of aliphatic hydroxyl groups is 1. The molecule has 3 aromatic heterocycles. The van der Waals surface area contributed by atoms with E-state index in [0.717, 1.165) is 16.2 Å². The molecule has 1 saturated heterocycles. The second kappa shape index (κ2) is 13.7. The highest BCUT2D eigenvalue weighted by Gasteiger charge is 2.54. The average Bonchev–Trinajstić information content (AvgIpc) is 3.63. The number of H-pyrrole nitrogens is 1. The number of amides is 4. The van der Waals surface area contributed by atoms with Gasteiger partial charge in [0.15, 0.2) is 0 Å². The van der Waals surface area contributed by atoms with E-state index in [1.807, 2.05) is 0 Å². The number of urea groups is 1. The number of nitrogens with zero attached hydrogens (tertiary/aromatic N) is 7. The summed E-state index contributed by atoms with van der Waals surface area (Å²) in [6, 6.07) is -0.344. The lowest BCUT2D eigenvalue weighted by atomic mass is 10.0. The van der Waals surface area contributed by atoms with Crippen molar-refractivity contribution in [3.8, 4) is 0 Å². The predicted molar refractivity (Wildman–Crippen MR) is 164 cm³/mol. The number of carboxylic acid groups (broad SMARTS) is 1. The van der Waals surface area contributed by atoms with E-state index in [1.165, 1.54) is 39.3 Å². The summed E-state index contributed by atoms with van der Waals surface area (Å²) in [5, 5.41) is 37.3. The molecule has 0 bridgehead atoms. The number of thiophene rings is 1. The van der Waals surface area contributed by atoms with Crippen molar-refractivity contribution < 1.29 is 29.4 Å². The lowest BCUT2D eigenvalue weighted by molar-refractivity contribution is -0.150. The van der Waals surface area contributed by atoms with Crippen LogP contribution in [0.3, 0.4) is 0 Å². The smallest absolute Gasteiger partial charge is 0.352 e. The van der Waals surface area contributed by atoms with E-state index in [0.29, 0.717) is 35.0 Å². The third kappa shape index (κ3) is 6.65. The summed E-state index contributed by atoms with van der Waals surface area (Å²) in [6.07, 6.45) is 1.34. The Morgan fingerprint density at radius 3 is 2.78 bits per heavy atom. The minimum absolute atomic E-state index is 0.0452. The van der Waals surface area contributed by atoms with Gasteiger partial charge in [0, 0.05) is 31.7 Å². The van der Waals surface area contributed by atoms with E-state index < -0.39 is 40.8 Å². The molecule has 18 nitrogen and oxygen atoms in total. The molecule has 0 aromatic carbocycles. The highest BCUT2D eigenvalue weighted by molar-refractivity contribution is 8.01. The van der Waals surface area contributed by atoms with Gasteiger partial charge < -0.3 is 26.6 Å². The number of carbonyl (C=O) groups excluding carboxylic acids is 3. The molecule has 1 fully saturated rings. The first kappa shape index (κ1) is 31.9. The van der Waals surface area contributed by atoms with Crippen molar-refractivity contribution in [1.82, 2.24) is 40.4 Å². The third-order valence-corrected chi connectivity index (χ3v) is 10.0. The summed E-state index contributed by atoms with van der Waals surface area (Å²) in [5.74, 6) is -1.64. The standard InChI is InChI=1S/C24H27N11O7S3/c1-33-24(30-31-32-33)45-10-12-9-44-20-15(18(39)35(20)16(12)21(40)41)28-14(37)7-11-3-6-43-19(11)34(22(25)42)13-8-27-23(29-17(13)38)26-4-2-5-36/h3,6,8,15,20,36H,2,4-5,7,9-10H2,1H3,(H2,25,42)(H,28,37)(H,40,41)(H2,26,27,29,38)/t15?,20-/m0/s1.